The monoisotopic (exact) mass is 242 g/mol. The summed E-state index contributed by atoms with van der Waals surface area (Å²) in [5.41, 5.74) is 0.353. The van der Waals surface area contributed by atoms with E-state index < -0.39 is 5.97 Å². The Labute approximate surface area is 103 Å². The molecule has 0 radical (unpaired) electrons. The van der Waals surface area contributed by atoms with Gasteiger partial charge in [-0.1, -0.05) is 6.58 Å². The molecule has 0 aromatic carbocycles. The zero-order valence-corrected chi connectivity index (χ0v) is 11.1. The minimum absolute atomic E-state index is 0.0702. The number of rotatable bonds is 7. The molecule has 0 unspecified atom stereocenters. The van der Waals surface area contributed by atoms with Crippen molar-refractivity contribution in [2.75, 3.05) is 26.7 Å². The van der Waals surface area contributed by atoms with Crippen molar-refractivity contribution in [1.29, 1.82) is 0 Å². The average Bonchev–Trinajstić information content (AvgIpc) is 2.15. The van der Waals surface area contributed by atoms with Crippen molar-refractivity contribution in [2.45, 2.75) is 26.8 Å². The molecule has 0 bridgehead atoms. The van der Waals surface area contributed by atoms with Crippen LogP contribution in [0.1, 0.15) is 20.8 Å². The first-order valence-corrected chi connectivity index (χ1v) is 5.69. The van der Waals surface area contributed by atoms with Crippen LogP contribution in [0, 0.1) is 0 Å². The van der Waals surface area contributed by atoms with Crippen LogP contribution in [0.25, 0.3) is 0 Å². The molecule has 5 nitrogen and oxygen atoms in total. The molecule has 0 rings (SSSR count). The standard InChI is InChI=1S/C12H22N2O3/c1-6-17-12(16)10(4)7-14(5)8-11(15)13-9(2)3/h9H,4,6-8H2,1-3,5H3,(H,13,15). The van der Waals surface area contributed by atoms with E-state index in [-0.39, 0.29) is 18.5 Å². The van der Waals surface area contributed by atoms with Gasteiger partial charge >= 0.3 is 5.97 Å². The van der Waals surface area contributed by atoms with Gasteiger partial charge in [0.25, 0.3) is 0 Å². The molecule has 0 aliphatic heterocycles. The van der Waals surface area contributed by atoms with Gasteiger partial charge in [0.2, 0.25) is 5.91 Å². The number of likely N-dealkylation sites (N-methyl/N-ethyl adjacent to an activating group) is 1. The fourth-order valence-electron chi connectivity index (χ4n) is 1.29. The van der Waals surface area contributed by atoms with Gasteiger partial charge in [-0.05, 0) is 27.8 Å². The first-order valence-electron chi connectivity index (χ1n) is 5.69. The van der Waals surface area contributed by atoms with Gasteiger partial charge in [0.05, 0.1) is 13.2 Å². The van der Waals surface area contributed by atoms with Crippen molar-refractivity contribution in [3.63, 3.8) is 0 Å². The van der Waals surface area contributed by atoms with Crippen LogP contribution >= 0.6 is 0 Å². The predicted molar refractivity (Wildman–Crippen MR) is 66.5 cm³/mol. The highest BCUT2D eigenvalue weighted by Gasteiger charge is 2.13. The molecular weight excluding hydrogens is 220 g/mol. The van der Waals surface area contributed by atoms with E-state index in [1.807, 2.05) is 13.8 Å². The number of amides is 1. The van der Waals surface area contributed by atoms with Gasteiger partial charge in [-0.15, -0.1) is 0 Å². The highest BCUT2D eigenvalue weighted by atomic mass is 16.5. The van der Waals surface area contributed by atoms with Crippen LogP contribution in [0.3, 0.4) is 0 Å². The topological polar surface area (TPSA) is 58.6 Å². The molecule has 0 atom stereocenters. The summed E-state index contributed by atoms with van der Waals surface area (Å²) < 4.78 is 4.81. The zero-order chi connectivity index (χ0) is 13.4. The lowest BCUT2D eigenvalue weighted by atomic mass is 10.3. The lowest BCUT2D eigenvalue weighted by molar-refractivity contribution is -0.139. The van der Waals surface area contributed by atoms with Crippen molar-refractivity contribution in [3.05, 3.63) is 12.2 Å². The van der Waals surface area contributed by atoms with Crippen LogP contribution < -0.4 is 5.32 Å². The van der Waals surface area contributed by atoms with Gasteiger partial charge in [0.15, 0.2) is 0 Å². The van der Waals surface area contributed by atoms with Crippen LogP contribution in [-0.2, 0) is 14.3 Å². The molecule has 0 aliphatic rings. The molecule has 1 N–H and O–H groups in total. The van der Waals surface area contributed by atoms with Crippen molar-refractivity contribution in [1.82, 2.24) is 10.2 Å². The van der Waals surface area contributed by atoms with E-state index in [1.165, 1.54) is 0 Å². The molecule has 0 fully saturated rings. The van der Waals surface area contributed by atoms with Gasteiger partial charge in [-0.25, -0.2) is 4.79 Å². The number of nitrogens with one attached hydrogen (secondary N) is 1. The Bertz CT molecular complexity index is 287. The van der Waals surface area contributed by atoms with Crippen LogP contribution in [0.15, 0.2) is 12.2 Å². The Morgan fingerprint density at radius 1 is 1.35 bits per heavy atom. The summed E-state index contributed by atoms with van der Waals surface area (Å²) in [6.45, 7) is 10.1. The molecule has 17 heavy (non-hydrogen) atoms. The molecule has 98 valence electrons. The molecule has 1 amide bonds. The fourth-order valence-corrected chi connectivity index (χ4v) is 1.29. The van der Waals surface area contributed by atoms with E-state index >= 15 is 0 Å². The maximum Gasteiger partial charge on any atom is 0.334 e. The Morgan fingerprint density at radius 2 is 1.94 bits per heavy atom. The predicted octanol–water partition coefficient (Wildman–Crippen LogP) is 0.562. The van der Waals surface area contributed by atoms with E-state index in [2.05, 4.69) is 11.9 Å². The number of hydrogen-bond acceptors (Lipinski definition) is 4. The second kappa shape index (κ2) is 7.84. The van der Waals surface area contributed by atoms with Gasteiger partial charge < -0.3 is 10.1 Å². The summed E-state index contributed by atoms with van der Waals surface area (Å²) in [5.74, 6) is -0.484. The minimum atomic E-state index is -0.413. The summed E-state index contributed by atoms with van der Waals surface area (Å²) in [7, 11) is 1.75. The SMILES string of the molecule is C=C(CN(C)CC(=O)NC(C)C)C(=O)OCC. The number of hydrogen-bond donors (Lipinski definition) is 1. The Kier molecular flexibility index (Phi) is 7.21. The normalized spacial score (nSPS) is 10.5. The van der Waals surface area contributed by atoms with Crippen LogP contribution in [0.5, 0.6) is 0 Å². The molecule has 0 heterocycles. The molecule has 0 saturated carbocycles. The molecule has 0 spiro atoms. The third kappa shape index (κ3) is 7.52. The molecule has 0 aromatic rings. The van der Waals surface area contributed by atoms with E-state index in [0.29, 0.717) is 18.7 Å². The lowest BCUT2D eigenvalue weighted by Gasteiger charge is -2.17. The third-order valence-corrected chi connectivity index (χ3v) is 1.89. The summed E-state index contributed by atoms with van der Waals surface area (Å²) in [4.78, 5) is 24.5. The van der Waals surface area contributed by atoms with E-state index in [1.54, 1.807) is 18.9 Å². The highest BCUT2D eigenvalue weighted by molar-refractivity contribution is 5.88. The maximum absolute atomic E-state index is 11.4. The summed E-state index contributed by atoms with van der Waals surface area (Å²) >= 11 is 0. The molecule has 0 saturated heterocycles. The summed E-state index contributed by atoms with van der Waals surface area (Å²) in [6.07, 6.45) is 0. The van der Waals surface area contributed by atoms with Crippen LogP contribution in [0.2, 0.25) is 0 Å². The number of nitrogens with zero attached hydrogens (tertiary/aromatic N) is 1. The van der Waals surface area contributed by atoms with Crippen LogP contribution in [-0.4, -0.2) is 49.6 Å². The molecule has 5 heteroatoms. The maximum atomic E-state index is 11.4. The second-order valence-electron chi connectivity index (χ2n) is 4.22. The van der Waals surface area contributed by atoms with E-state index in [4.69, 9.17) is 4.74 Å². The van der Waals surface area contributed by atoms with Crippen molar-refractivity contribution in [3.8, 4) is 0 Å². The Balaban J connectivity index is 4.01. The van der Waals surface area contributed by atoms with Crippen molar-refractivity contribution >= 4 is 11.9 Å². The number of carbonyl (C=O) groups is 2. The van der Waals surface area contributed by atoms with Crippen molar-refractivity contribution in [2.24, 2.45) is 0 Å². The molecule has 0 aromatic heterocycles. The number of esters is 1. The van der Waals surface area contributed by atoms with Crippen LogP contribution in [0.4, 0.5) is 0 Å². The first-order chi connectivity index (χ1) is 7.86. The largest absolute Gasteiger partial charge is 0.463 e. The Hall–Kier alpha value is -1.36. The first kappa shape index (κ1) is 15.6. The van der Waals surface area contributed by atoms with E-state index in [9.17, 15) is 9.59 Å². The molecular formula is C12H22N2O3. The zero-order valence-electron chi connectivity index (χ0n) is 11.1. The van der Waals surface area contributed by atoms with Gasteiger partial charge in [0, 0.05) is 18.2 Å². The van der Waals surface area contributed by atoms with Gasteiger partial charge in [-0.2, -0.15) is 0 Å². The van der Waals surface area contributed by atoms with Gasteiger partial charge in [-0.3, -0.25) is 9.69 Å². The lowest BCUT2D eigenvalue weighted by Crippen LogP contribution is -2.39. The smallest absolute Gasteiger partial charge is 0.334 e. The van der Waals surface area contributed by atoms with E-state index in [0.717, 1.165) is 0 Å². The minimum Gasteiger partial charge on any atom is -0.463 e. The summed E-state index contributed by atoms with van der Waals surface area (Å²) in [5, 5.41) is 2.77. The average molecular weight is 242 g/mol. The second-order valence-corrected chi connectivity index (χ2v) is 4.22. The molecule has 0 aliphatic carbocycles. The summed E-state index contributed by atoms with van der Waals surface area (Å²) in [6, 6.07) is 0.115. The Morgan fingerprint density at radius 3 is 2.41 bits per heavy atom. The third-order valence-electron chi connectivity index (χ3n) is 1.89. The number of carbonyl (C=O) groups excluding carboxylic acids is 2. The quantitative estimate of drug-likeness (QED) is 0.523. The number of ether oxygens (including phenoxy) is 1. The highest BCUT2D eigenvalue weighted by Crippen LogP contribution is 1.98. The van der Waals surface area contributed by atoms with Crippen molar-refractivity contribution < 1.29 is 14.3 Å². The fraction of sp³-hybridized carbons (Fsp3) is 0.667. The van der Waals surface area contributed by atoms with Gasteiger partial charge in [0.1, 0.15) is 0 Å².